The van der Waals surface area contributed by atoms with Crippen LogP contribution in [0.2, 0.25) is 0 Å². The molecule has 0 saturated carbocycles. The Morgan fingerprint density at radius 1 is 1.45 bits per heavy atom. The lowest BCUT2D eigenvalue weighted by Gasteiger charge is -2.45. The quantitative estimate of drug-likeness (QED) is 0.287. The predicted octanol–water partition coefficient (Wildman–Crippen LogP) is -2.58. The summed E-state index contributed by atoms with van der Waals surface area (Å²) < 4.78 is 5.31. The molecule has 1 saturated heterocycles. The molecule has 6 N–H and O–H groups in total. The zero-order chi connectivity index (χ0) is 17.1. The van der Waals surface area contributed by atoms with Crippen LogP contribution in [0.1, 0.15) is 13.3 Å². The summed E-state index contributed by atoms with van der Waals surface area (Å²) in [5.74, 6) is -2.45. The first kappa shape index (κ1) is 19.1. The summed E-state index contributed by atoms with van der Waals surface area (Å²) in [5.41, 5.74) is -1.82. The van der Waals surface area contributed by atoms with Gasteiger partial charge in [-0.15, -0.1) is 11.6 Å². The van der Waals surface area contributed by atoms with Gasteiger partial charge in [-0.2, -0.15) is 0 Å². The Bertz CT molecular complexity index is 422. The molecule has 0 aromatic carbocycles. The second kappa shape index (κ2) is 7.53. The van der Waals surface area contributed by atoms with E-state index in [4.69, 9.17) is 21.4 Å². The molecule has 1 aliphatic rings. The van der Waals surface area contributed by atoms with E-state index in [1.54, 1.807) is 0 Å². The van der Waals surface area contributed by atoms with Crippen molar-refractivity contribution >= 4 is 23.5 Å². The van der Waals surface area contributed by atoms with Crippen molar-refractivity contribution in [3.05, 3.63) is 0 Å². The highest BCUT2D eigenvalue weighted by molar-refractivity contribution is 6.27. The highest BCUT2D eigenvalue weighted by Crippen LogP contribution is 2.32. The lowest BCUT2D eigenvalue weighted by Crippen LogP contribution is -2.66. The van der Waals surface area contributed by atoms with Crippen LogP contribution < -0.4 is 5.32 Å². The molecule has 1 aliphatic heterocycles. The van der Waals surface area contributed by atoms with Crippen LogP contribution in [0.4, 0.5) is 0 Å². The average molecular weight is 342 g/mol. The highest BCUT2D eigenvalue weighted by atomic mass is 35.5. The van der Waals surface area contributed by atoms with E-state index in [0.717, 1.165) is 0 Å². The minimum absolute atomic E-state index is 0.339. The fourth-order valence-corrected chi connectivity index (χ4v) is 2.39. The molecule has 0 radical (unpaired) electrons. The van der Waals surface area contributed by atoms with Gasteiger partial charge in [-0.3, -0.25) is 4.79 Å². The fourth-order valence-electron chi connectivity index (χ4n) is 2.32. The Morgan fingerprint density at radius 3 is 2.50 bits per heavy atom. The number of carbonyl (C=O) groups excluding carboxylic acids is 1. The Labute approximate surface area is 131 Å². The van der Waals surface area contributed by atoms with E-state index >= 15 is 0 Å². The Balaban J connectivity index is 3.07. The van der Waals surface area contributed by atoms with Gasteiger partial charge in [-0.1, -0.05) is 0 Å². The van der Waals surface area contributed by atoms with E-state index in [1.165, 1.54) is 6.92 Å². The van der Waals surface area contributed by atoms with Crippen LogP contribution in [0.15, 0.2) is 0 Å². The minimum atomic E-state index is -1.82. The van der Waals surface area contributed by atoms with Crippen LogP contribution in [0, 0.1) is 0 Å². The van der Waals surface area contributed by atoms with E-state index in [-0.39, 0.29) is 6.42 Å². The van der Waals surface area contributed by atoms with Crippen molar-refractivity contribution in [2.75, 3.05) is 12.5 Å². The van der Waals surface area contributed by atoms with Gasteiger partial charge in [0.25, 0.3) is 0 Å². The zero-order valence-corrected chi connectivity index (χ0v) is 12.6. The molecule has 9 nitrogen and oxygen atoms in total. The van der Waals surface area contributed by atoms with Crippen LogP contribution >= 0.6 is 11.6 Å². The minimum Gasteiger partial charge on any atom is -0.479 e. The molecule has 0 aromatic rings. The van der Waals surface area contributed by atoms with Crippen molar-refractivity contribution in [3.8, 4) is 0 Å². The predicted molar refractivity (Wildman–Crippen MR) is 73.3 cm³/mol. The standard InChI is InChI=1S/C12H20ClNO8/c1-12(11(20)21)2-5(16)8(14-7(18)3-13)10(22-12)9(19)6(17)4-15/h5-6,8-10,15-17,19H,2-4H2,1H3,(H,14,18)(H,20,21)/t5?,6-,8?,9-,10?,12?/m1/s1. The number of aliphatic carboxylic acids is 1. The van der Waals surface area contributed by atoms with Gasteiger partial charge in [-0.25, -0.2) is 4.79 Å². The van der Waals surface area contributed by atoms with Crippen molar-refractivity contribution < 1.29 is 39.9 Å². The summed E-state index contributed by atoms with van der Waals surface area (Å²) >= 11 is 5.36. The molecule has 0 spiro atoms. The second-order valence-corrected chi connectivity index (χ2v) is 5.62. The molecule has 1 fully saturated rings. The van der Waals surface area contributed by atoms with Gasteiger partial charge in [0, 0.05) is 6.42 Å². The summed E-state index contributed by atoms with van der Waals surface area (Å²) in [6.07, 6.45) is -6.50. The maximum atomic E-state index is 11.4. The summed E-state index contributed by atoms with van der Waals surface area (Å²) in [6.45, 7) is 0.389. The zero-order valence-electron chi connectivity index (χ0n) is 11.8. The van der Waals surface area contributed by atoms with Crippen LogP contribution in [0.25, 0.3) is 0 Å². The molecule has 0 bridgehead atoms. The van der Waals surface area contributed by atoms with E-state index < -0.39 is 60.4 Å². The summed E-state index contributed by atoms with van der Waals surface area (Å²) in [7, 11) is 0. The lowest BCUT2D eigenvalue weighted by molar-refractivity contribution is -0.224. The van der Waals surface area contributed by atoms with E-state index in [1.807, 2.05) is 0 Å². The van der Waals surface area contributed by atoms with Crippen molar-refractivity contribution in [2.45, 2.75) is 49.4 Å². The van der Waals surface area contributed by atoms with Crippen molar-refractivity contribution in [2.24, 2.45) is 0 Å². The number of carboxylic acid groups (broad SMARTS) is 1. The number of aliphatic hydroxyl groups is 4. The monoisotopic (exact) mass is 341 g/mol. The number of aliphatic hydroxyl groups excluding tert-OH is 4. The molecule has 1 amide bonds. The van der Waals surface area contributed by atoms with Crippen molar-refractivity contribution in [1.29, 1.82) is 0 Å². The number of carbonyl (C=O) groups is 2. The maximum Gasteiger partial charge on any atom is 0.335 e. The number of alkyl halides is 1. The summed E-state index contributed by atoms with van der Waals surface area (Å²) in [6, 6.07) is -1.19. The molecule has 1 rings (SSSR count). The highest BCUT2D eigenvalue weighted by Gasteiger charge is 2.52. The smallest absolute Gasteiger partial charge is 0.335 e. The van der Waals surface area contributed by atoms with Gasteiger partial charge in [0.2, 0.25) is 5.91 Å². The molecule has 1 heterocycles. The fraction of sp³-hybridized carbons (Fsp3) is 0.833. The molecule has 128 valence electrons. The third kappa shape index (κ3) is 4.06. The van der Waals surface area contributed by atoms with E-state index in [9.17, 15) is 30.0 Å². The van der Waals surface area contributed by atoms with Gasteiger partial charge in [0.1, 0.15) is 24.2 Å². The topological polar surface area (TPSA) is 157 Å². The molecule has 0 aromatic heterocycles. The van der Waals surface area contributed by atoms with Gasteiger partial charge in [0.15, 0.2) is 5.60 Å². The van der Waals surface area contributed by atoms with Crippen LogP contribution in [-0.2, 0) is 14.3 Å². The first-order valence-corrected chi connectivity index (χ1v) is 7.11. The second-order valence-electron chi connectivity index (χ2n) is 5.36. The Hall–Kier alpha value is -0.970. The largest absolute Gasteiger partial charge is 0.479 e. The van der Waals surface area contributed by atoms with E-state index in [2.05, 4.69) is 5.32 Å². The molecule has 4 unspecified atom stereocenters. The molecular weight excluding hydrogens is 322 g/mol. The number of carboxylic acids is 1. The normalized spacial score (nSPS) is 34.7. The van der Waals surface area contributed by atoms with Crippen molar-refractivity contribution in [3.63, 3.8) is 0 Å². The lowest BCUT2D eigenvalue weighted by atomic mass is 9.84. The van der Waals surface area contributed by atoms with Gasteiger partial charge in [0.05, 0.1) is 18.8 Å². The van der Waals surface area contributed by atoms with E-state index in [0.29, 0.717) is 0 Å². The average Bonchev–Trinajstić information content (AvgIpc) is 2.47. The number of halogens is 1. The van der Waals surface area contributed by atoms with Gasteiger partial charge >= 0.3 is 5.97 Å². The van der Waals surface area contributed by atoms with Crippen molar-refractivity contribution in [1.82, 2.24) is 5.32 Å². The van der Waals surface area contributed by atoms with Crippen LogP contribution in [0.3, 0.4) is 0 Å². The number of amides is 1. The van der Waals surface area contributed by atoms with Gasteiger partial charge < -0.3 is 35.6 Å². The first-order chi connectivity index (χ1) is 10.2. The molecule has 10 heteroatoms. The number of nitrogens with one attached hydrogen (secondary N) is 1. The number of rotatable bonds is 6. The number of hydrogen-bond acceptors (Lipinski definition) is 7. The molecular formula is C12H20ClNO8. The summed E-state index contributed by atoms with van der Waals surface area (Å²) in [4.78, 5) is 22.7. The van der Waals surface area contributed by atoms with Crippen LogP contribution in [-0.4, -0.2) is 86.0 Å². The third-order valence-electron chi connectivity index (χ3n) is 3.58. The third-order valence-corrected chi connectivity index (χ3v) is 3.83. The molecule has 6 atom stereocenters. The SMILES string of the molecule is CC1(C(=O)O)CC(O)C(NC(=O)CCl)C([C@H](O)[C@H](O)CO)O1. The van der Waals surface area contributed by atoms with Crippen LogP contribution in [0.5, 0.6) is 0 Å². The number of hydrogen-bond donors (Lipinski definition) is 6. The Morgan fingerprint density at radius 2 is 2.05 bits per heavy atom. The first-order valence-electron chi connectivity index (χ1n) is 6.58. The van der Waals surface area contributed by atoms with Gasteiger partial charge in [-0.05, 0) is 6.92 Å². The number of ether oxygens (including phenoxy) is 1. The molecule has 0 aliphatic carbocycles. The molecule has 22 heavy (non-hydrogen) atoms. The maximum absolute atomic E-state index is 11.4. The summed E-state index contributed by atoms with van der Waals surface area (Å²) in [5, 5.41) is 50.1. The Kier molecular flexibility index (Phi) is 6.53.